The smallest absolute Gasteiger partial charge is 0.236 e. The third-order valence-corrected chi connectivity index (χ3v) is 2.18. The largest absolute Gasteiger partial charge is 0.354 e. The lowest BCUT2D eigenvalue weighted by molar-refractivity contribution is -0.125. The molecule has 0 aromatic rings. The van der Waals surface area contributed by atoms with E-state index in [0.29, 0.717) is 19.5 Å². The van der Waals surface area contributed by atoms with E-state index in [4.69, 9.17) is 5.73 Å². The van der Waals surface area contributed by atoms with Crippen LogP contribution in [0.25, 0.3) is 0 Å². The van der Waals surface area contributed by atoms with Crippen molar-refractivity contribution in [1.29, 1.82) is 0 Å². The molecule has 4 N–H and O–H groups in total. The van der Waals surface area contributed by atoms with Crippen molar-refractivity contribution in [3.63, 3.8) is 0 Å². The number of nitrogens with two attached hydrogens (primary N) is 1. The van der Waals surface area contributed by atoms with Gasteiger partial charge in [-0.1, -0.05) is 27.2 Å². The minimum absolute atomic E-state index is 0. The highest BCUT2D eigenvalue weighted by Crippen LogP contribution is 1.92. The lowest BCUT2D eigenvalue weighted by atomic mass is 10.2. The Kier molecular flexibility index (Phi) is 11.3. The van der Waals surface area contributed by atoms with Crippen molar-refractivity contribution in [2.45, 2.75) is 39.7 Å². The summed E-state index contributed by atoms with van der Waals surface area (Å²) in [7, 11) is 0. The topological polar surface area (TPSA) is 84.2 Å². The van der Waals surface area contributed by atoms with Crippen LogP contribution in [-0.4, -0.2) is 30.9 Å². The van der Waals surface area contributed by atoms with Crippen LogP contribution in [0.2, 0.25) is 0 Å². The van der Waals surface area contributed by atoms with E-state index in [1.54, 1.807) is 0 Å². The molecule has 5 nitrogen and oxygen atoms in total. The van der Waals surface area contributed by atoms with Crippen molar-refractivity contribution < 1.29 is 9.59 Å². The van der Waals surface area contributed by atoms with E-state index in [2.05, 4.69) is 10.6 Å². The Morgan fingerprint density at radius 1 is 1.12 bits per heavy atom. The maximum atomic E-state index is 11.4. The van der Waals surface area contributed by atoms with Crippen LogP contribution in [0.15, 0.2) is 0 Å². The number of hydrogen-bond acceptors (Lipinski definition) is 3. The van der Waals surface area contributed by atoms with Crippen LogP contribution in [0.1, 0.15) is 33.6 Å². The number of hydrogen-bond donors (Lipinski definition) is 3. The molecule has 0 bridgehead atoms. The SMILES string of the molecule is CCCC(N)C(=O)NCCNC(=O)C(C)C.Cl. The second kappa shape index (κ2) is 10.4. The number of carbonyl (C=O) groups excluding carboxylic acids is 2. The van der Waals surface area contributed by atoms with Gasteiger partial charge in [-0.2, -0.15) is 0 Å². The van der Waals surface area contributed by atoms with Crippen molar-refractivity contribution in [2.24, 2.45) is 11.7 Å². The molecular weight excluding hydrogens is 242 g/mol. The van der Waals surface area contributed by atoms with Gasteiger partial charge in [0, 0.05) is 19.0 Å². The molecule has 0 heterocycles. The summed E-state index contributed by atoms with van der Waals surface area (Å²) in [4.78, 5) is 22.5. The predicted octanol–water partition coefficient (Wildman–Crippen LogP) is 0.424. The van der Waals surface area contributed by atoms with Gasteiger partial charge in [0.1, 0.15) is 0 Å². The molecule has 1 atom stereocenters. The molecule has 0 radical (unpaired) electrons. The molecule has 0 aromatic carbocycles. The van der Waals surface area contributed by atoms with Crippen LogP contribution in [0.4, 0.5) is 0 Å². The predicted molar refractivity (Wildman–Crippen MR) is 71.0 cm³/mol. The van der Waals surface area contributed by atoms with Crippen LogP contribution < -0.4 is 16.4 Å². The first-order valence-corrected chi connectivity index (χ1v) is 5.80. The lowest BCUT2D eigenvalue weighted by Crippen LogP contribution is -2.43. The zero-order chi connectivity index (χ0) is 12.6. The molecule has 17 heavy (non-hydrogen) atoms. The number of nitrogens with one attached hydrogen (secondary N) is 2. The van der Waals surface area contributed by atoms with Crippen molar-refractivity contribution >= 4 is 24.2 Å². The molecule has 0 rings (SSSR count). The average Bonchev–Trinajstić information content (AvgIpc) is 2.23. The second-order valence-corrected chi connectivity index (χ2v) is 4.13. The zero-order valence-corrected chi connectivity index (χ0v) is 11.6. The summed E-state index contributed by atoms with van der Waals surface area (Å²) in [6.45, 7) is 6.50. The third-order valence-electron chi connectivity index (χ3n) is 2.18. The number of carbonyl (C=O) groups is 2. The molecule has 0 saturated heterocycles. The Hall–Kier alpha value is -0.810. The maximum Gasteiger partial charge on any atom is 0.236 e. The summed E-state index contributed by atoms with van der Waals surface area (Å²) in [5, 5.41) is 5.40. The first-order valence-electron chi connectivity index (χ1n) is 5.80. The molecular formula is C11H24ClN3O2. The fraction of sp³-hybridized carbons (Fsp3) is 0.818. The minimum Gasteiger partial charge on any atom is -0.354 e. The Labute approximate surface area is 109 Å². The Balaban J connectivity index is 0. The lowest BCUT2D eigenvalue weighted by Gasteiger charge is -2.12. The number of halogens is 1. The minimum atomic E-state index is -0.439. The summed E-state index contributed by atoms with van der Waals surface area (Å²) in [6, 6.07) is -0.439. The Morgan fingerprint density at radius 2 is 1.59 bits per heavy atom. The summed E-state index contributed by atoms with van der Waals surface area (Å²) in [6.07, 6.45) is 1.57. The van der Waals surface area contributed by atoms with Crippen LogP contribution in [0.3, 0.4) is 0 Å². The van der Waals surface area contributed by atoms with Crippen molar-refractivity contribution in [3.8, 4) is 0 Å². The van der Waals surface area contributed by atoms with E-state index in [1.807, 2.05) is 20.8 Å². The van der Waals surface area contributed by atoms with Gasteiger partial charge in [0.05, 0.1) is 6.04 Å². The average molecular weight is 266 g/mol. The van der Waals surface area contributed by atoms with E-state index in [0.717, 1.165) is 6.42 Å². The molecule has 0 aliphatic carbocycles. The van der Waals surface area contributed by atoms with Gasteiger partial charge >= 0.3 is 0 Å². The molecule has 102 valence electrons. The van der Waals surface area contributed by atoms with Gasteiger partial charge in [-0.05, 0) is 6.42 Å². The first kappa shape index (κ1) is 18.6. The molecule has 2 amide bonds. The normalized spacial score (nSPS) is 11.6. The monoisotopic (exact) mass is 265 g/mol. The van der Waals surface area contributed by atoms with Crippen LogP contribution in [0, 0.1) is 5.92 Å². The molecule has 0 aliphatic rings. The summed E-state index contributed by atoms with van der Waals surface area (Å²) in [5.41, 5.74) is 5.62. The molecule has 0 spiro atoms. The molecule has 0 aliphatic heterocycles. The standard InChI is InChI=1S/C11H23N3O2.ClH/c1-4-5-9(12)11(16)14-7-6-13-10(15)8(2)3;/h8-9H,4-7,12H2,1-3H3,(H,13,15)(H,14,16);1H. The Morgan fingerprint density at radius 3 is 2.00 bits per heavy atom. The maximum absolute atomic E-state index is 11.4. The highest BCUT2D eigenvalue weighted by molar-refractivity contribution is 5.85. The summed E-state index contributed by atoms with van der Waals surface area (Å²) >= 11 is 0. The van der Waals surface area contributed by atoms with Crippen LogP contribution in [-0.2, 0) is 9.59 Å². The zero-order valence-electron chi connectivity index (χ0n) is 10.8. The molecule has 6 heteroatoms. The van der Waals surface area contributed by atoms with E-state index in [-0.39, 0.29) is 30.1 Å². The van der Waals surface area contributed by atoms with Gasteiger partial charge in [-0.3, -0.25) is 9.59 Å². The molecule has 0 fully saturated rings. The van der Waals surface area contributed by atoms with Crippen molar-refractivity contribution in [1.82, 2.24) is 10.6 Å². The highest BCUT2D eigenvalue weighted by Gasteiger charge is 2.11. The fourth-order valence-electron chi connectivity index (χ4n) is 1.15. The van der Waals surface area contributed by atoms with Gasteiger partial charge in [0.25, 0.3) is 0 Å². The summed E-state index contributed by atoms with van der Waals surface area (Å²) in [5.74, 6) is -0.189. The first-order chi connectivity index (χ1) is 7.49. The second-order valence-electron chi connectivity index (χ2n) is 4.13. The van der Waals surface area contributed by atoms with E-state index >= 15 is 0 Å². The fourth-order valence-corrected chi connectivity index (χ4v) is 1.15. The number of rotatable bonds is 7. The van der Waals surface area contributed by atoms with Crippen molar-refractivity contribution in [3.05, 3.63) is 0 Å². The molecule has 0 aromatic heterocycles. The number of amides is 2. The van der Waals surface area contributed by atoms with E-state index in [1.165, 1.54) is 0 Å². The van der Waals surface area contributed by atoms with Crippen LogP contribution >= 0.6 is 12.4 Å². The van der Waals surface area contributed by atoms with Crippen LogP contribution in [0.5, 0.6) is 0 Å². The van der Waals surface area contributed by atoms with E-state index < -0.39 is 6.04 Å². The Bertz CT molecular complexity index is 235. The highest BCUT2D eigenvalue weighted by atomic mass is 35.5. The quantitative estimate of drug-likeness (QED) is 0.584. The van der Waals surface area contributed by atoms with Gasteiger partial charge in [-0.15, -0.1) is 12.4 Å². The molecule has 1 unspecified atom stereocenters. The van der Waals surface area contributed by atoms with Gasteiger partial charge < -0.3 is 16.4 Å². The molecule has 0 saturated carbocycles. The summed E-state index contributed by atoms with van der Waals surface area (Å²) < 4.78 is 0. The van der Waals surface area contributed by atoms with Gasteiger partial charge in [-0.25, -0.2) is 0 Å². The van der Waals surface area contributed by atoms with Crippen molar-refractivity contribution in [2.75, 3.05) is 13.1 Å². The van der Waals surface area contributed by atoms with E-state index in [9.17, 15) is 9.59 Å². The van der Waals surface area contributed by atoms with Gasteiger partial charge in [0.15, 0.2) is 0 Å². The third kappa shape index (κ3) is 8.94. The van der Waals surface area contributed by atoms with Gasteiger partial charge in [0.2, 0.25) is 11.8 Å².